The van der Waals surface area contributed by atoms with Crippen LogP contribution in [0.5, 0.6) is 5.88 Å². The number of hydrogen-bond donors (Lipinski definition) is 2. The van der Waals surface area contributed by atoms with Gasteiger partial charge in [0.15, 0.2) is 6.61 Å². The number of hydrogen-bond acceptors (Lipinski definition) is 6. The number of aliphatic hydroxyl groups is 1. The number of aromatic nitrogens is 2. The van der Waals surface area contributed by atoms with Crippen molar-refractivity contribution in [2.75, 3.05) is 13.2 Å². The second-order valence-electron chi connectivity index (χ2n) is 8.02. The number of carbonyl (C=O) groups excluding carboxylic acids is 2. The SMILES string of the molecule is Cc1cc(C(C)N2Cc3c(ccnc3CC(=O)NC[C@H](C)O)C2=O)cnc1OCC(F)(F)F. The van der Waals surface area contributed by atoms with Gasteiger partial charge < -0.3 is 20.1 Å². The summed E-state index contributed by atoms with van der Waals surface area (Å²) in [6.45, 7) is 3.85. The molecule has 2 aromatic heterocycles. The number of rotatable bonds is 8. The van der Waals surface area contributed by atoms with Gasteiger partial charge in [-0.05, 0) is 38.5 Å². The Bertz CT molecular complexity index is 1040. The Morgan fingerprint density at radius 1 is 1.33 bits per heavy atom. The summed E-state index contributed by atoms with van der Waals surface area (Å²) in [6.07, 6.45) is -2.31. The molecule has 3 heterocycles. The lowest BCUT2D eigenvalue weighted by Crippen LogP contribution is -2.32. The molecule has 0 saturated heterocycles. The van der Waals surface area contributed by atoms with E-state index in [-0.39, 0.29) is 37.2 Å². The fraction of sp³-hybridized carbons (Fsp3) is 0.455. The van der Waals surface area contributed by atoms with E-state index < -0.39 is 24.9 Å². The van der Waals surface area contributed by atoms with E-state index in [0.717, 1.165) is 0 Å². The lowest BCUT2D eigenvalue weighted by molar-refractivity contribution is -0.154. The van der Waals surface area contributed by atoms with Crippen molar-refractivity contribution in [2.45, 2.75) is 52.1 Å². The van der Waals surface area contributed by atoms with Crippen LogP contribution >= 0.6 is 0 Å². The molecule has 3 rings (SSSR count). The maximum Gasteiger partial charge on any atom is 0.422 e. The molecule has 2 atom stereocenters. The first-order valence-corrected chi connectivity index (χ1v) is 10.3. The van der Waals surface area contributed by atoms with Gasteiger partial charge in [-0.2, -0.15) is 13.2 Å². The monoisotopic (exact) mass is 466 g/mol. The molecular formula is C22H25F3N4O4. The number of fused-ring (bicyclic) bond motifs is 1. The van der Waals surface area contributed by atoms with Crippen LogP contribution < -0.4 is 10.1 Å². The normalized spacial score (nSPS) is 15.2. The highest BCUT2D eigenvalue weighted by atomic mass is 19.4. The highest BCUT2D eigenvalue weighted by Gasteiger charge is 2.34. The fourth-order valence-electron chi connectivity index (χ4n) is 3.54. The zero-order chi connectivity index (χ0) is 24.3. The standard InChI is InChI=1S/C22H25F3N4O4/c1-12-6-15(9-28-20(12)33-11-22(23,24)25)14(3)29-10-17-16(21(29)32)4-5-26-18(17)7-19(31)27-8-13(2)30/h4-6,9,13-14,30H,7-8,10-11H2,1-3H3,(H,27,31)/t13-,14?/m0/s1. The smallest absolute Gasteiger partial charge is 0.422 e. The van der Waals surface area contributed by atoms with E-state index in [1.165, 1.54) is 12.4 Å². The predicted molar refractivity (Wildman–Crippen MR) is 111 cm³/mol. The summed E-state index contributed by atoms with van der Waals surface area (Å²) in [5.74, 6) is -0.667. The zero-order valence-corrected chi connectivity index (χ0v) is 18.4. The summed E-state index contributed by atoms with van der Waals surface area (Å²) >= 11 is 0. The average Bonchev–Trinajstić information content (AvgIpc) is 3.08. The molecule has 178 valence electrons. The summed E-state index contributed by atoms with van der Waals surface area (Å²) in [5, 5.41) is 11.9. The van der Waals surface area contributed by atoms with Crippen molar-refractivity contribution < 1.29 is 32.6 Å². The van der Waals surface area contributed by atoms with Crippen molar-refractivity contribution in [1.29, 1.82) is 0 Å². The second kappa shape index (κ2) is 9.74. The van der Waals surface area contributed by atoms with E-state index in [0.29, 0.717) is 27.9 Å². The van der Waals surface area contributed by atoms with Crippen molar-refractivity contribution in [3.05, 3.63) is 52.5 Å². The Morgan fingerprint density at radius 3 is 2.70 bits per heavy atom. The van der Waals surface area contributed by atoms with Crippen LogP contribution in [0.3, 0.4) is 0 Å². The van der Waals surface area contributed by atoms with E-state index in [4.69, 9.17) is 4.74 Å². The van der Waals surface area contributed by atoms with Gasteiger partial charge in [0.1, 0.15) is 0 Å². The van der Waals surface area contributed by atoms with Crippen LogP contribution in [0.15, 0.2) is 24.5 Å². The minimum absolute atomic E-state index is 0.0305. The van der Waals surface area contributed by atoms with Crippen LogP contribution in [0.25, 0.3) is 0 Å². The third kappa shape index (κ3) is 5.98. The van der Waals surface area contributed by atoms with Crippen molar-refractivity contribution in [3.63, 3.8) is 0 Å². The molecule has 1 aliphatic heterocycles. The van der Waals surface area contributed by atoms with Gasteiger partial charge in [0.2, 0.25) is 11.8 Å². The molecule has 0 aliphatic carbocycles. The number of halogens is 3. The molecule has 33 heavy (non-hydrogen) atoms. The molecular weight excluding hydrogens is 441 g/mol. The summed E-state index contributed by atoms with van der Waals surface area (Å²) < 4.78 is 42.0. The van der Waals surface area contributed by atoms with Gasteiger partial charge >= 0.3 is 6.18 Å². The van der Waals surface area contributed by atoms with Crippen LogP contribution in [0.4, 0.5) is 13.2 Å². The summed E-state index contributed by atoms with van der Waals surface area (Å²) in [4.78, 5) is 35.0. The van der Waals surface area contributed by atoms with Gasteiger partial charge in [-0.15, -0.1) is 0 Å². The third-order valence-electron chi connectivity index (χ3n) is 5.26. The molecule has 0 bridgehead atoms. The van der Waals surface area contributed by atoms with E-state index in [1.807, 2.05) is 0 Å². The number of amides is 2. The van der Waals surface area contributed by atoms with Gasteiger partial charge in [0.25, 0.3) is 5.91 Å². The van der Waals surface area contributed by atoms with E-state index in [1.54, 1.807) is 37.8 Å². The lowest BCUT2D eigenvalue weighted by atomic mass is 10.1. The Balaban J connectivity index is 1.74. The number of nitrogens with zero attached hydrogens (tertiary/aromatic N) is 3. The highest BCUT2D eigenvalue weighted by molar-refractivity contribution is 5.99. The van der Waals surface area contributed by atoms with Gasteiger partial charge in [-0.25, -0.2) is 4.98 Å². The van der Waals surface area contributed by atoms with Crippen molar-refractivity contribution in [3.8, 4) is 5.88 Å². The number of carbonyl (C=O) groups is 2. The molecule has 11 heteroatoms. The van der Waals surface area contributed by atoms with Crippen LogP contribution in [-0.4, -0.2) is 57.2 Å². The number of alkyl halides is 3. The fourth-order valence-corrected chi connectivity index (χ4v) is 3.54. The Hall–Kier alpha value is -3.21. The van der Waals surface area contributed by atoms with Crippen molar-refractivity contribution in [2.24, 2.45) is 0 Å². The van der Waals surface area contributed by atoms with E-state index in [9.17, 15) is 27.9 Å². The molecule has 2 N–H and O–H groups in total. The lowest BCUT2D eigenvalue weighted by Gasteiger charge is -2.25. The van der Waals surface area contributed by atoms with Crippen molar-refractivity contribution in [1.82, 2.24) is 20.2 Å². The topological polar surface area (TPSA) is 105 Å². The first-order chi connectivity index (χ1) is 15.5. The van der Waals surface area contributed by atoms with E-state index in [2.05, 4.69) is 15.3 Å². The molecule has 0 spiro atoms. The highest BCUT2D eigenvalue weighted by Crippen LogP contribution is 2.33. The van der Waals surface area contributed by atoms with Gasteiger partial charge in [-0.1, -0.05) is 0 Å². The zero-order valence-electron chi connectivity index (χ0n) is 18.4. The van der Waals surface area contributed by atoms with Crippen molar-refractivity contribution >= 4 is 11.8 Å². The molecule has 1 unspecified atom stereocenters. The van der Waals surface area contributed by atoms with Gasteiger partial charge in [0, 0.05) is 42.2 Å². The van der Waals surface area contributed by atoms with Gasteiger partial charge in [0.05, 0.1) is 24.3 Å². The second-order valence-corrected chi connectivity index (χ2v) is 8.02. The molecule has 0 fully saturated rings. The summed E-state index contributed by atoms with van der Waals surface area (Å²) in [6, 6.07) is 2.81. The Morgan fingerprint density at radius 2 is 2.06 bits per heavy atom. The van der Waals surface area contributed by atoms with Crippen LogP contribution in [0.2, 0.25) is 0 Å². The molecule has 8 nitrogen and oxygen atoms in total. The molecule has 0 saturated carbocycles. The number of pyridine rings is 2. The molecule has 0 radical (unpaired) electrons. The quantitative estimate of drug-likeness (QED) is 0.620. The number of aliphatic hydroxyl groups excluding tert-OH is 1. The summed E-state index contributed by atoms with van der Waals surface area (Å²) in [7, 11) is 0. The van der Waals surface area contributed by atoms with Crippen LogP contribution in [0.1, 0.15) is 52.6 Å². The third-order valence-corrected chi connectivity index (χ3v) is 5.26. The molecule has 1 aliphatic rings. The molecule has 0 aromatic carbocycles. The molecule has 2 aromatic rings. The Labute approximate surface area is 188 Å². The average molecular weight is 466 g/mol. The minimum atomic E-state index is -4.47. The number of aryl methyl sites for hydroxylation is 1. The first kappa shape index (κ1) is 24.4. The largest absolute Gasteiger partial charge is 0.468 e. The number of nitrogens with one attached hydrogen (secondary N) is 1. The summed E-state index contributed by atoms with van der Waals surface area (Å²) in [5.41, 5.74) is 2.63. The minimum Gasteiger partial charge on any atom is -0.468 e. The van der Waals surface area contributed by atoms with Crippen LogP contribution in [0, 0.1) is 6.92 Å². The van der Waals surface area contributed by atoms with Crippen LogP contribution in [-0.2, 0) is 17.8 Å². The predicted octanol–water partition coefficient (Wildman–Crippen LogP) is 2.48. The maximum absolute atomic E-state index is 13.0. The van der Waals surface area contributed by atoms with E-state index >= 15 is 0 Å². The Kier molecular flexibility index (Phi) is 7.21. The molecule has 2 amide bonds. The number of ether oxygens (including phenoxy) is 1. The first-order valence-electron chi connectivity index (χ1n) is 10.3. The maximum atomic E-state index is 13.0. The van der Waals surface area contributed by atoms with Gasteiger partial charge in [-0.3, -0.25) is 14.6 Å².